The SMILES string of the molecule is CCCCCC/C=C\C/C=C\CCCCCCCC(=O)OC(COC(=O)CCCCCCCCCCCCCC)COC(=O)CCCCCCCCCCCCCCCCCCC. The molecule has 0 aromatic heterocycles. The van der Waals surface area contributed by atoms with Crippen LogP contribution in [0.1, 0.15) is 303 Å². The lowest BCUT2D eigenvalue weighted by atomic mass is 10.0. The molecule has 0 N–H and O–H groups in total. The summed E-state index contributed by atoms with van der Waals surface area (Å²) in [6, 6.07) is 0. The third-order valence-corrected chi connectivity index (χ3v) is 12.5. The topological polar surface area (TPSA) is 78.9 Å². The molecule has 1 unspecified atom stereocenters. The molecule has 0 aromatic rings. The molecule has 0 spiro atoms. The Morgan fingerprint density at radius 2 is 0.571 bits per heavy atom. The highest BCUT2D eigenvalue weighted by atomic mass is 16.6. The summed E-state index contributed by atoms with van der Waals surface area (Å²) in [6.07, 6.45) is 60.2. The summed E-state index contributed by atoms with van der Waals surface area (Å²) >= 11 is 0. The molecule has 0 aliphatic rings. The van der Waals surface area contributed by atoms with E-state index in [4.69, 9.17) is 14.2 Å². The molecule has 0 aliphatic heterocycles. The first kappa shape index (κ1) is 60.9. The Balaban J connectivity index is 4.33. The second kappa shape index (κ2) is 52.5. The summed E-state index contributed by atoms with van der Waals surface area (Å²) < 4.78 is 16.8. The molecule has 0 saturated carbocycles. The average Bonchev–Trinajstić information content (AvgIpc) is 3.28. The molecule has 0 amide bonds. The minimum atomic E-state index is -0.773. The Hall–Kier alpha value is -2.11. The van der Waals surface area contributed by atoms with Crippen LogP contribution in [0, 0.1) is 0 Å². The molecule has 6 heteroatoms. The van der Waals surface area contributed by atoms with E-state index >= 15 is 0 Å². The van der Waals surface area contributed by atoms with Gasteiger partial charge in [-0.15, -0.1) is 0 Å². The van der Waals surface area contributed by atoms with E-state index in [0.29, 0.717) is 19.3 Å². The zero-order chi connectivity index (χ0) is 45.8. The number of carbonyl (C=O) groups excluding carboxylic acids is 3. The van der Waals surface area contributed by atoms with Crippen LogP contribution < -0.4 is 0 Å². The van der Waals surface area contributed by atoms with Crippen molar-refractivity contribution in [1.29, 1.82) is 0 Å². The Bertz CT molecular complexity index is 1020. The monoisotopic (exact) mass is 887 g/mol. The van der Waals surface area contributed by atoms with Crippen LogP contribution in [0.3, 0.4) is 0 Å². The van der Waals surface area contributed by atoms with Crippen LogP contribution in [-0.2, 0) is 28.6 Å². The average molecular weight is 887 g/mol. The predicted octanol–water partition coefficient (Wildman–Crippen LogP) is 18.3. The fraction of sp³-hybridized carbons (Fsp3) is 0.877. The fourth-order valence-corrected chi connectivity index (χ4v) is 8.24. The Morgan fingerprint density at radius 1 is 0.317 bits per heavy atom. The molecular formula is C57H106O6. The first-order valence-corrected chi connectivity index (χ1v) is 27.8. The van der Waals surface area contributed by atoms with Crippen molar-refractivity contribution in [2.24, 2.45) is 0 Å². The van der Waals surface area contributed by atoms with Gasteiger partial charge >= 0.3 is 17.9 Å². The number of esters is 3. The highest BCUT2D eigenvalue weighted by Gasteiger charge is 2.19. The first-order chi connectivity index (χ1) is 31.0. The van der Waals surface area contributed by atoms with Crippen molar-refractivity contribution in [3.63, 3.8) is 0 Å². The summed E-state index contributed by atoms with van der Waals surface area (Å²) in [5, 5.41) is 0. The summed E-state index contributed by atoms with van der Waals surface area (Å²) in [4.78, 5) is 38.0. The quantitative estimate of drug-likeness (QED) is 0.0262. The van der Waals surface area contributed by atoms with Crippen molar-refractivity contribution in [2.75, 3.05) is 13.2 Å². The number of hydrogen-bond donors (Lipinski definition) is 0. The molecule has 6 nitrogen and oxygen atoms in total. The third kappa shape index (κ3) is 50.7. The molecule has 370 valence electrons. The number of carbonyl (C=O) groups is 3. The zero-order valence-electron chi connectivity index (χ0n) is 42.4. The van der Waals surface area contributed by atoms with Gasteiger partial charge in [-0.05, 0) is 51.4 Å². The van der Waals surface area contributed by atoms with Gasteiger partial charge in [0.15, 0.2) is 6.10 Å². The van der Waals surface area contributed by atoms with E-state index in [1.54, 1.807) is 0 Å². The molecule has 0 aliphatic carbocycles. The summed E-state index contributed by atoms with van der Waals surface area (Å²) in [5.41, 5.74) is 0. The molecule has 0 bridgehead atoms. The number of ether oxygens (including phenoxy) is 3. The van der Waals surface area contributed by atoms with Crippen LogP contribution in [0.5, 0.6) is 0 Å². The number of unbranched alkanes of at least 4 members (excludes halogenated alkanes) is 36. The number of allylic oxidation sites excluding steroid dienone is 4. The Labute approximate surface area is 392 Å². The molecule has 1 atom stereocenters. The van der Waals surface area contributed by atoms with Gasteiger partial charge in [0.1, 0.15) is 13.2 Å². The summed E-state index contributed by atoms with van der Waals surface area (Å²) in [5.74, 6) is -0.867. The molecular weight excluding hydrogens is 781 g/mol. The molecule has 63 heavy (non-hydrogen) atoms. The van der Waals surface area contributed by atoms with Crippen molar-refractivity contribution < 1.29 is 28.6 Å². The summed E-state index contributed by atoms with van der Waals surface area (Å²) in [7, 11) is 0. The van der Waals surface area contributed by atoms with E-state index in [-0.39, 0.29) is 31.1 Å². The fourth-order valence-electron chi connectivity index (χ4n) is 8.24. The van der Waals surface area contributed by atoms with E-state index in [0.717, 1.165) is 77.0 Å². The van der Waals surface area contributed by atoms with Crippen molar-refractivity contribution in [1.82, 2.24) is 0 Å². The lowest BCUT2D eigenvalue weighted by Crippen LogP contribution is -2.30. The molecule has 0 saturated heterocycles. The van der Waals surface area contributed by atoms with Gasteiger partial charge in [0, 0.05) is 19.3 Å². The van der Waals surface area contributed by atoms with E-state index < -0.39 is 6.10 Å². The maximum Gasteiger partial charge on any atom is 0.306 e. The first-order valence-electron chi connectivity index (χ1n) is 27.8. The van der Waals surface area contributed by atoms with Crippen LogP contribution >= 0.6 is 0 Å². The standard InChI is InChI=1S/C57H106O6/c1-4-7-10-13-16-19-22-25-27-29-31-32-35-38-41-44-47-50-56(59)62-53-54(52-61-55(58)49-46-43-40-37-34-24-21-18-15-12-9-6-3)63-57(60)51-48-45-42-39-36-33-30-28-26-23-20-17-14-11-8-5-2/h20,23,28,30,54H,4-19,21-22,24-27,29,31-53H2,1-3H3/b23-20-,30-28-. The lowest BCUT2D eigenvalue weighted by molar-refractivity contribution is -0.167. The van der Waals surface area contributed by atoms with Gasteiger partial charge in [-0.2, -0.15) is 0 Å². The predicted molar refractivity (Wildman–Crippen MR) is 270 cm³/mol. The van der Waals surface area contributed by atoms with Crippen LogP contribution in [-0.4, -0.2) is 37.2 Å². The van der Waals surface area contributed by atoms with Gasteiger partial charge in [-0.3, -0.25) is 14.4 Å². The lowest BCUT2D eigenvalue weighted by Gasteiger charge is -2.18. The normalized spacial score (nSPS) is 12.1. The van der Waals surface area contributed by atoms with Gasteiger partial charge in [0.2, 0.25) is 0 Å². The van der Waals surface area contributed by atoms with Gasteiger partial charge in [0.25, 0.3) is 0 Å². The Morgan fingerprint density at radius 3 is 0.889 bits per heavy atom. The molecule has 0 rings (SSSR count). The van der Waals surface area contributed by atoms with Crippen LogP contribution in [0.25, 0.3) is 0 Å². The van der Waals surface area contributed by atoms with Crippen LogP contribution in [0.4, 0.5) is 0 Å². The molecule has 0 heterocycles. The largest absolute Gasteiger partial charge is 0.462 e. The van der Waals surface area contributed by atoms with Crippen molar-refractivity contribution in [3.05, 3.63) is 24.3 Å². The third-order valence-electron chi connectivity index (χ3n) is 12.5. The minimum Gasteiger partial charge on any atom is -0.462 e. The minimum absolute atomic E-state index is 0.0717. The van der Waals surface area contributed by atoms with Gasteiger partial charge in [-0.25, -0.2) is 0 Å². The van der Waals surface area contributed by atoms with E-state index in [2.05, 4.69) is 45.1 Å². The Kier molecular flexibility index (Phi) is 50.8. The number of hydrogen-bond acceptors (Lipinski definition) is 6. The van der Waals surface area contributed by atoms with E-state index in [9.17, 15) is 14.4 Å². The number of rotatable bonds is 51. The summed E-state index contributed by atoms with van der Waals surface area (Å²) in [6.45, 7) is 6.65. The maximum atomic E-state index is 12.8. The van der Waals surface area contributed by atoms with Crippen LogP contribution in [0.15, 0.2) is 24.3 Å². The van der Waals surface area contributed by atoms with Gasteiger partial charge in [0.05, 0.1) is 0 Å². The van der Waals surface area contributed by atoms with Crippen LogP contribution in [0.2, 0.25) is 0 Å². The second-order valence-electron chi connectivity index (χ2n) is 18.9. The van der Waals surface area contributed by atoms with E-state index in [1.807, 2.05) is 0 Å². The van der Waals surface area contributed by atoms with Crippen molar-refractivity contribution in [3.8, 4) is 0 Å². The molecule has 0 aromatic carbocycles. The van der Waals surface area contributed by atoms with Gasteiger partial charge in [-0.1, -0.05) is 257 Å². The zero-order valence-corrected chi connectivity index (χ0v) is 42.4. The second-order valence-corrected chi connectivity index (χ2v) is 18.9. The smallest absolute Gasteiger partial charge is 0.306 e. The van der Waals surface area contributed by atoms with Gasteiger partial charge < -0.3 is 14.2 Å². The van der Waals surface area contributed by atoms with E-state index in [1.165, 1.54) is 186 Å². The highest BCUT2D eigenvalue weighted by molar-refractivity contribution is 5.71. The maximum absolute atomic E-state index is 12.8. The molecule has 0 radical (unpaired) electrons. The highest BCUT2D eigenvalue weighted by Crippen LogP contribution is 2.16. The van der Waals surface area contributed by atoms with Crippen molar-refractivity contribution >= 4 is 17.9 Å². The molecule has 0 fully saturated rings. The van der Waals surface area contributed by atoms with Crippen molar-refractivity contribution in [2.45, 2.75) is 309 Å².